The van der Waals surface area contributed by atoms with E-state index in [1.54, 1.807) is 23.3 Å². The molecule has 7 nitrogen and oxygen atoms in total. The van der Waals surface area contributed by atoms with Crippen molar-refractivity contribution in [3.05, 3.63) is 57.8 Å². The standard InChI is InChI=1S/C24H31N3O4S/c1-30-14-13-27-22(20-8-4-17-32-20)21(18-6-2-3-7-19(18)24(27)29)23(28)25-9-5-10-26-11-15-31-16-12-26/h2-4,6-8,17,21-22H,5,9-16H2,1H3,(H,25,28)/t21-,22-/m0/s1. The molecule has 0 radical (unpaired) electrons. The first-order valence-electron chi connectivity index (χ1n) is 11.2. The van der Waals surface area contributed by atoms with E-state index in [4.69, 9.17) is 9.47 Å². The van der Waals surface area contributed by atoms with Gasteiger partial charge in [-0.2, -0.15) is 0 Å². The van der Waals surface area contributed by atoms with Gasteiger partial charge in [0.25, 0.3) is 5.91 Å². The van der Waals surface area contributed by atoms with Gasteiger partial charge in [0.05, 0.1) is 31.8 Å². The lowest BCUT2D eigenvalue weighted by molar-refractivity contribution is -0.124. The van der Waals surface area contributed by atoms with Crippen molar-refractivity contribution < 1.29 is 19.1 Å². The summed E-state index contributed by atoms with van der Waals surface area (Å²) in [6.45, 7) is 5.85. The number of nitrogens with one attached hydrogen (secondary N) is 1. The number of nitrogens with zero attached hydrogens (tertiary/aromatic N) is 2. The molecule has 1 fully saturated rings. The van der Waals surface area contributed by atoms with Crippen LogP contribution in [-0.2, 0) is 14.3 Å². The second-order valence-electron chi connectivity index (χ2n) is 8.12. The maximum absolute atomic E-state index is 13.5. The van der Waals surface area contributed by atoms with E-state index in [1.165, 1.54) is 0 Å². The molecule has 0 bridgehead atoms. The van der Waals surface area contributed by atoms with E-state index in [0.717, 1.165) is 49.7 Å². The van der Waals surface area contributed by atoms with Gasteiger partial charge in [0.2, 0.25) is 5.91 Å². The molecule has 3 heterocycles. The Bertz CT molecular complexity index is 898. The molecule has 8 heteroatoms. The van der Waals surface area contributed by atoms with Crippen LogP contribution in [0.4, 0.5) is 0 Å². The van der Waals surface area contributed by atoms with Gasteiger partial charge in [0.1, 0.15) is 0 Å². The number of hydrogen-bond donors (Lipinski definition) is 1. The van der Waals surface area contributed by atoms with E-state index in [-0.39, 0.29) is 17.9 Å². The predicted molar refractivity (Wildman–Crippen MR) is 124 cm³/mol. The highest BCUT2D eigenvalue weighted by Gasteiger charge is 2.44. The minimum atomic E-state index is -0.456. The molecule has 2 atom stereocenters. The van der Waals surface area contributed by atoms with Crippen molar-refractivity contribution in [2.24, 2.45) is 0 Å². The van der Waals surface area contributed by atoms with Crippen LogP contribution < -0.4 is 5.32 Å². The van der Waals surface area contributed by atoms with Crippen molar-refractivity contribution in [2.75, 3.05) is 59.7 Å². The highest BCUT2D eigenvalue weighted by atomic mass is 32.1. The molecule has 2 amide bonds. The molecule has 1 aromatic heterocycles. The van der Waals surface area contributed by atoms with E-state index in [1.807, 2.05) is 41.8 Å². The monoisotopic (exact) mass is 457 g/mol. The van der Waals surface area contributed by atoms with Crippen LogP contribution in [0.1, 0.15) is 39.2 Å². The van der Waals surface area contributed by atoms with Crippen LogP contribution in [0.5, 0.6) is 0 Å². The average Bonchev–Trinajstić information content (AvgIpc) is 3.36. The number of thiophene rings is 1. The molecule has 32 heavy (non-hydrogen) atoms. The second-order valence-corrected chi connectivity index (χ2v) is 9.09. The van der Waals surface area contributed by atoms with Crippen LogP contribution in [0.2, 0.25) is 0 Å². The molecule has 1 N–H and O–H groups in total. The summed E-state index contributed by atoms with van der Waals surface area (Å²) in [4.78, 5) is 32.1. The summed E-state index contributed by atoms with van der Waals surface area (Å²) in [5.41, 5.74) is 1.40. The smallest absolute Gasteiger partial charge is 0.254 e. The number of morpholine rings is 1. The molecule has 2 aliphatic heterocycles. The lowest BCUT2D eigenvalue weighted by atomic mass is 9.81. The molecule has 2 aliphatic rings. The Hall–Kier alpha value is -2.26. The zero-order valence-corrected chi connectivity index (χ0v) is 19.3. The number of amides is 2. The molecular formula is C24H31N3O4S. The Morgan fingerprint density at radius 1 is 1.19 bits per heavy atom. The van der Waals surface area contributed by atoms with Gasteiger partial charge in [-0.3, -0.25) is 14.5 Å². The van der Waals surface area contributed by atoms with Crippen LogP contribution in [0, 0.1) is 0 Å². The van der Waals surface area contributed by atoms with Gasteiger partial charge in [0, 0.05) is 43.7 Å². The summed E-state index contributed by atoms with van der Waals surface area (Å²) in [7, 11) is 1.63. The van der Waals surface area contributed by atoms with Crippen molar-refractivity contribution in [3.8, 4) is 0 Å². The van der Waals surface area contributed by atoms with Crippen molar-refractivity contribution in [2.45, 2.75) is 18.4 Å². The van der Waals surface area contributed by atoms with Gasteiger partial charge in [-0.25, -0.2) is 0 Å². The zero-order valence-electron chi connectivity index (χ0n) is 18.5. The zero-order chi connectivity index (χ0) is 22.3. The Morgan fingerprint density at radius 2 is 2.00 bits per heavy atom. The van der Waals surface area contributed by atoms with Crippen LogP contribution in [0.15, 0.2) is 41.8 Å². The molecular weight excluding hydrogens is 426 g/mol. The average molecular weight is 458 g/mol. The molecule has 0 unspecified atom stereocenters. The van der Waals surface area contributed by atoms with Gasteiger partial charge in [-0.1, -0.05) is 24.3 Å². The minimum Gasteiger partial charge on any atom is -0.383 e. The van der Waals surface area contributed by atoms with Crippen LogP contribution in [-0.4, -0.2) is 81.3 Å². The predicted octanol–water partition coefficient (Wildman–Crippen LogP) is 2.51. The quantitative estimate of drug-likeness (QED) is 0.586. The van der Waals surface area contributed by atoms with E-state index in [9.17, 15) is 9.59 Å². The Kier molecular flexibility index (Phi) is 7.91. The van der Waals surface area contributed by atoms with Crippen molar-refractivity contribution in [3.63, 3.8) is 0 Å². The minimum absolute atomic E-state index is 0.0345. The number of methoxy groups -OCH3 is 1. The first-order chi connectivity index (χ1) is 15.7. The van der Waals surface area contributed by atoms with Gasteiger partial charge >= 0.3 is 0 Å². The van der Waals surface area contributed by atoms with Gasteiger partial charge in [0.15, 0.2) is 0 Å². The van der Waals surface area contributed by atoms with E-state index in [2.05, 4.69) is 10.2 Å². The second kappa shape index (κ2) is 11.0. The molecule has 1 aromatic carbocycles. The maximum atomic E-state index is 13.5. The van der Waals surface area contributed by atoms with Crippen LogP contribution in [0.25, 0.3) is 0 Å². The van der Waals surface area contributed by atoms with E-state index >= 15 is 0 Å². The summed E-state index contributed by atoms with van der Waals surface area (Å²) in [5.74, 6) is -0.539. The Balaban J connectivity index is 1.54. The SMILES string of the molecule is COCCN1C(=O)c2ccccc2[C@H](C(=O)NCCCN2CCOCC2)[C@@H]1c1cccs1. The van der Waals surface area contributed by atoms with Gasteiger partial charge < -0.3 is 19.7 Å². The lowest BCUT2D eigenvalue weighted by Gasteiger charge is -2.41. The van der Waals surface area contributed by atoms with Gasteiger partial charge in [-0.15, -0.1) is 11.3 Å². The van der Waals surface area contributed by atoms with Crippen molar-refractivity contribution in [1.82, 2.24) is 15.1 Å². The normalized spacial score (nSPS) is 21.4. The van der Waals surface area contributed by atoms with Crippen molar-refractivity contribution in [1.29, 1.82) is 0 Å². The molecule has 0 saturated carbocycles. The molecule has 0 aliphatic carbocycles. The number of hydrogen-bond acceptors (Lipinski definition) is 6. The van der Waals surface area contributed by atoms with Crippen LogP contribution >= 0.6 is 11.3 Å². The number of rotatable bonds is 9. The first-order valence-corrected chi connectivity index (χ1v) is 12.1. The molecule has 4 rings (SSSR count). The fourth-order valence-electron chi connectivity index (χ4n) is 4.54. The third-order valence-electron chi connectivity index (χ3n) is 6.15. The lowest BCUT2D eigenvalue weighted by Crippen LogP contribution is -2.48. The summed E-state index contributed by atoms with van der Waals surface area (Å²) in [6, 6.07) is 11.1. The third kappa shape index (κ3) is 5.04. The summed E-state index contributed by atoms with van der Waals surface area (Å²) >= 11 is 1.58. The summed E-state index contributed by atoms with van der Waals surface area (Å²) < 4.78 is 10.7. The molecule has 172 valence electrons. The molecule has 0 spiro atoms. The topological polar surface area (TPSA) is 71.1 Å². The third-order valence-corrected chi connectivity index (χ3v) is 7.09. The fraction of sp³-hybridized carbons (Fsp3) is 0.500. The van der Waals surface area contributed by atoms with Crippen LogP contribution in [0.3, 0.4) is 0 Å². The van der Waals surface area contributed by atoms with E-state index in [0.29, 0.717) is 25.3 Å². The summed E-state index contributed by atoms with van der Waals surface area (Å²) in [6.07, 6.45) is 0.885. The number of benzene rings is 1. The highest BCUT2D eigenvalue weighted by molar-refractivity contribution is 7.10. The number of ether oxygens (including phenoxy) is 2. The highest BCUT2D eigenvalue weighted by Crippen LogP contribution is 2.44. The molecule has 1 saturated heterocycles. The Morgan fingerprint density at radius 3 is 2.75 bits per heavy atom. The maximum Gasteiger partial charge on any atom is 0.254 e. The first kappa shape index (κ1) is 22.9. The summed E-state index contributed by atoms with van der Waals surface area (Å²) in [5, 5.41) is 5.15. The largest absolute Gasteiger partial charge is 0.383 e. The number of carbonyl (C=O) groups excluding carboxylic acids is 2. The number of carbonyl (C=O) groups is 2. The van der Waals surface area contributed by atoms with Gasteiger partial charge in [-0.05, 0) is 36.0 Å². The Labute approximate surface area is 193 Å². The number of fused-ring (bicyclic) bond motifs is 1. The fourth-order valence-corrected chi connectivity index (χ4v) is 5.41. The molecule has 2 aromatic rings. The van der Waals surface area contributed by atoms with Crippen molar-refractivity contribution >= 4 is 23.2 Å². The van der Waals surface area contributed by atoms with E-state index < -0.39 is 5.92 Å².